The predicted molar refractivity (Wildman–Crippen MR) is 81.6 cm³/mol. The van der Waals surface area contributed by atoms with Gasteiger partial charge < -0.3 is 5.11 Å². The number of carbonyl (C=O) groups is 1. The summed E-state index contributed by atoms with van der Waals surface area (Å²) < 4.78 is 27.7. The summed E-state index contributed by atoms with van der Waals surface area (Å²) >= 11 is 0. The number of hydrogen-bond acceptors (Lipinski definition) is 4. The third-order valence-electron chi connectivity index (χ3n) is 3.24. The molecule has 0 aliphatic rings. The molecule has 0 aliphatic carbocycles. The Balaban J connectivity index is 2.33. The highest BCUT2D eigenvalue weighted by atomic mass is 32.2. The number of sulfonamides is 1. The molecule has 22 heavy (non-hydrogen) atoms. The summed E-state index contributed by atoms with van der Waals surface area (Å²) in [6.45, 7) is 3.80. The molecule has 0 spiro atoms. The molecular formula is C14H17N3O4S. The van der Waals surface area contributed by atoms with Crippen molar-refractivity contribution in [1.82, 2.24) is 9.78 Å². The number of hydrogen-bond donors (Lipinski definition) is 1. The highest BCUT2D eigenvalue weighted by Gasteiger charge is 2.23. The van der Waals surface area contributed by atoms with E-state index in [4.69, 9.17) is 5.11 Å². The molecule has 0 saturated carbocycles. The summed E-state index contributed by atoms with van der Waals surface area (Å²) in [6.07, 6.45) is 2.78. The molecule has 1 aromatic carbocycles. The Morgan fingerprint density at radius 1 is 1.27 bits per heavy atom. The van der Waals surface area contributed by atoms with Crippen molar-refractivity contribution in [2.45, 2.75) is 24.8 Å². The van der Waals surface area contributed by atoms with Crippen molar-refractivity contribution < 1.29 is 18.3 Å². The molecule has 1 aromatic heterocycles. The number of anilines is 1. The molecule has 0 bridgehead atoms. The van der Waals surface area contributed by atoms with E-state index in [0.29, 0.717) is 5.69 Å². The monoisotopic (exact) mass is 323 g/mol. The van der Waals surface area contributed by atoms with Gasteiger partial charge in [0.25, 0.3) is 10.0 Å². The van der Waals surface area contributed by atoms with E-state index in [-0.39, 0.29) is 16.5 Å². The van der Waals surface area contributed by atoms with Crippen LogP contribution in [-0.2, 0) is 10.0 Å². The van der Waals surface area contributed by atoms with Crippen LogP contribution in [0.5, 0.6) is 0 Å². The van der Waals surface area contributed by atoms with Crippen molar-refractivity contribution in [2.24, 2.45) is 0 Å². The van der Waals surface area contributed by atoms with Crippen molar-refractivity contribution in [3.63, 3.8) is 0 Å². The minimum atomic E-state index is -3.74. The molecule has 2 rings (SSSR count). The van der Waals surface area contributed by atoms with Crippen LogP contribution >= 0.6 is 0 Å². The Labute approximate surface area is 128 Å². The van der Waals surface area contributed by atoms with Crippen molar-refractivity contribution in [2.75, 3.05) is 11.4 Å². The number of carboxylic acid groups (broad SMARTS) is 1. The molecule has 0 amide bonds. The number of rotatable bonds is 5. The van der Waals surface area contributed by atoms with Crippen LogP contribution in [0.3, 0.4) is 0 Å². The first-order chi connectivity index (χ1) is 10.2. The quantitative estimate of drug-likeness (QED) is 0.908. The zero-order valence-electron chi connectivity index (χ0n) is 12.5. The van der Waals surface area contributed by atoms with Gasteiger partial charge in [0.05, 0.1) is 17.4 Å². The Morgan fingerprint density at radius 2 is 1.86 bits per heavy atom. The number of aromatic carboxylic acids is 1. The lowest BCUT2D eigenvalue weighted by Crippen LogP contribution is -2.26. The van der Waals surface area contributed by atoms with Gasteiger partial charge in [0.2, 0.25) is 0 Å². The molecule has 0 aliphatic heterocycles. The zero-order chi connectivity index (χ0) is 16.5. The van der Waals surface area contributed by atoms with Gasteiger partial charge in [-0.05, 0) is 38.1 Å². The average Bonchev–Trinajstić information content (AvgIpc) is 2.97. The molecule has 0 unspecified atom stereocenters. The van der Waals surface area contributed by atoms with Gasteiger partial charge in [-0.15, -0.1) is 0 Å². The molecule has 0 fully saturated rings. The van der Waals surface area contributed by atoms with Gasteiger partial charge in [-0.25, -0.2) is 13.2 Å². The molecule has 1 heterocycles. The van der Waals surface area contributed by atoms with Crippen LogP contribution in [0.15, 0.2) is 41.6 Å². The van der Waals surface area contributed by atoms with Crippen LogP contribution in [0.25, 0.3) is 0 Å². The lowest BCUT2D eigenvalue weighted by molar-refractivity contribution is 0.0697. The van der Waals surface area contributed by atoms with Gasteiger partial charge in [-0.1, -0.05) is 0 Å². The maximum absolute atomic E-state index is 12.5. The minimum Gasteiger partial charge on any atom is -0.478 e. The van der Waals surface area contributed by atoms with E-state index in [1.54, 1.807) is 4.68 Å². The summed E-state index contributed by atoms with van der Waals surface area (Å²) in [6, 6.07) is 5.69. The Hall–Kier alpha value is -2.35. The molecule has 8 heteroatoms. The second-order valence-electron chi connectivity index (χ2n) is 5.07. The van der Waals surface area contributed by atoms with Gasteiger partial charge in [-0.2, -0.15) is 5.10 Å². The summed E-state index contributed by atoms with van der Waals surface area (Å²) in [5.41, 5.74) is 0.476. The van der Waals surface area contributed by atoms with E-state index in [2.05, 4.69) is 5.10 Å². The molecule has 1 N–H and O–H groups in total. The highest BCUT2D eigenvalue weighted by molar-refractivity contribution is 7.92. The Kier molecular flexibility index (Phi) is 4.23. The number of carboxylic acids is 1. The summed E-state index contributed by atoms with van der Waals surface area (Å²) in [5, 5.41) is 12.9. The summed E-state index contributed by atoms with van der Waals surface area (Å²) in [5.74, 6) is -1.06. The lowest BCUT2D eigenvalue weighted by Gasteiger charge is -2.18. The first-order valence-electron chi connectivity index (χ1n) is 6.60. The largest absolute Gasteiger partial charge is 0.478 e. The third-order valence-corrected chi connectivity index (χ3v) is 4.98. The minimum absolute atomic E-state index is 0.0594. The summed E-state index contributed by atoms with van der Waals surface area (Å²) in [7, 11) is -2.32. The molecule has 2 aromatic rings. The fraction of sp³-hybridized carbons (Fsp3) is 0.286. The maximum atomic E-state index is 12.5. The SMILES string of the molecule is CC(C)n1cc(S(=O)(=O)N(C)c2ccc(C(=O)O)cc2)cn1. The molecular weight excluding hydrogens is 306 g/mol. The van der Waals surface area contributed by atoms with E-state index < -0.39 is 16.0 Å². The van der Waals surface area contributed by atoms with Gasteiger partial charge in [0.15, 0.2) is 0 Å². The van der Waals surface area contributed by atoms with Crippen LogP contribution in [0.2, 0.25) is 0 Å². The highest BCUT2D eigenvalue weighted by Crippen LogP contribution is 2.22. The fourth-order valence-corrected chi connectivity index (χ4v) is 2.98. The molecule has 0 saturated heterocycles. The second-order valence-corrected chi connectivity index (χ2v) is 7.04. The van der Waals surface area contributed by atoms with Crippen LogP contribution in [0, 0.1) is 0 Å². The maximum Gasteiger partial charge on any atom is 0.335 e. The average molecular weight is 323 g/mol. The standard InChI is InChI=1S/C14H17N3O4S/c1-10(2)17-9-13(8-15-17)22(20,21)16(3)12-6-4-11(5-7-12)14(18)19/h4-10H,1-3H3,(H,18,19). The molecule has 118 valence electrons. The lowest BCUT2D eigenvalue weighted by atomic mass is 10.2. The van der Waals surface area contributed by atoms with E-state index in [9.17, 15) is 13.2 Å². The van der Waals surface area contributed by atoms with Crippen molar-refractivity contribution >= 4 is 21.7 Å². The normalized spacial score (nSPS) is 11.6. The Bertz CT molecular complexity index is 779. The van der Waals surface area contributed by atoms with Crippen molar-refractivity contribution in [3.05, 3.63) is 42.2 Å². The van der Waals surface area contributed by atoms with Crippen molar-refractivity contribution in [3.8, 4) is 0 Å². The zero-order valence-corrected chi connectivity index (χ0v) is 13.3. The number of benzene rings is 1. The second kappa shape index (κ2) is 5.80. The first kappa shape index (κ1) is 16.0. The molecule has 0 radical (unpaired) electrons. The van der Waals surface area contributed by atoms with E-state index in [1.165, 1.54) is 43.7 Å². The fourth-order valence-electron chi connectivity index (χ4n) is 1.85. The third kappa shape index (κ3) is 2.96. The smallest absolute Gasteiger partial charge is 0.335 e. The van der Waals surface area contributed by atoms with Crippen molar-refractivity contribution in [1.29, 1.82) is 0 Å². The number of aromatic nitrogens is 2. The van der Waals surface area contributed by atoms with Gasteiger partial charge >= 0.3 is 5.97 Å². The predicted octanol–water partition coefficient (Wildman–Crippen LogP) is 1.99. The van der Waals surface area contributed by atoms with Gasteiger partial charge in [0, 0.05) is 19.3 Å². The molecule has 0 atom stereocenters. The van der Waals surface area contributed by atoms with E-state index in [1.807, 2.05) is 13.8 Å². The van der Waals surface area contributed by atoms with E-state index >= 15 is 0 Å². The van der Waals surface area contributed by atoms with Crippen LogP contribution in [0.4, 0.5) is 5.69 Å². The van der Waals surface area contributed by atoms with Crippen LogP contribution in [0.1, 0.15) is 30.2 Å². The summed E-state index contributed by atoms with van der Waals surface area (Å²) in [4.78, 5) is 10.9. The van der Waals surface area contributed by atoms with Crippen LogP contribution in [-0.4, -0.2) is 36.3 Å². The van der Waals surface area contributed by atoms with Gasteiger partial charge in [0.1, 0.15) is 4.90 Å². The van der Waals surface area contributed by atoms with Gasteiger partial charge in [-0.3, -0.25) is 8.99 Å². The van der Waals surface area contributed by atoms with E-state index in [0.717, 1.165) is 4.31 Å². The topological polar surface area (TPSA) is 92.5 Å². The number of nitrogens with zero attached hydrogens (tertiary/aromatic N) is 3. The van der Waals surface area contributed by atoms with Crippen LogP contribution < -0.4 is 4.31 Å². The Morgan fingerprint density at radius 3 is 2.32 bits per heavy atom. The first-order valence-corrected chi connectivity index (χ1v) is 8.04. The molecule has 7 nitrogen and oxygen atoms in total.